The van der Waals surface area contributed by atoms with Crippen molar-refractivity contribution in [2.45, 2.75) is 52.2 Å². The van der Waals surface area contributed by atoms with E-state index in [1.807, 2.05) is 26.8 Å². The molecule has 1 fully saturated rings. The highest BCUT2D eigenvalue weighted by Crippen LogP contribution is 2.31. The molecule has 200 valence electrons. The number of ether oxygens (including phenoxy) is 1. The maximum absolute atomic E-state index is 14.5. The third-order valence-electron chi connectivity index (χ3n) is 6.76. The average Bonchev–Trinajstić information content (AvgIpc) is 3.49. The number of hydrogen-bond acceptors (Lipinski definition) is 6. The molecule has 2 amide bonds. The van der Waals surface area contributed by atoms with E-state index in [1.165, 1.54) is 6.07 Å². The number of aromatic amines is 1. The molecule has 10 nitrogen and oxygen atoms in total. The minimum absolute atomic E-state index is 0.0861. The Kier molecular flexibility index (Phi) is 6.46. The largest absolute Gasteiger partial charge is 0.444 e. The van der Waals surface area contributed by atoms with Crippen molar-refractivity contribution in [3.05, 3.63) is 53.9 Å². The summed E-state index contributed by atoms with van der Waals surface area (Å²) >= 11 is 0. The van der Waals surface area contributed by atoms with E-state index < -0.39 is 11.4 Å². The monoisotopic (exact) mass is 521 g/mol. The van der Waals surface area contributed by atoms with Gasteiger partial charge in [0.1, 0.15) is 5.60 Å². The molecule has 0 spiro atoms. The van der Waals surface area contributed by atoms with Crippen LogP contribution in [0.25, 0.3) is 16.6 Å². The predicted octanol–water partition coefficient (Wildman–Crippen LogP) is 4.75. The minimum atomic E-state index is -0.535. The zero-order chi connectivity index (χ0) is 27.2. The number of rotatable bonds is 4. The van der Waals surface area contributed by atoms with Crippen molar-refractivity contribution in [2.75, 3.05) is 30.4 Å². The number of piperidine rings is 1. The Labute approximate surface area is 219 Å². The Morgan fingerprint density at radius 3 is 2.66 bits per heavy atom. The number of H-pyrrole nitrogens is 1. The van der Waals surface area contributed by atoms with Gasteiger partial charge in [-0.1, -0.05) is 0 Å². The van der Waals surface area contributed by atoms with Gasteiger partial charge in [-0.3, -0.25) is 9.89 Å². The fourth-order valence-electron chi connectivity index (χ4n) is 4.91. The van der Waals surface area contributed by atoms with Crippen LogP contribution in [0.5, 0.6) is 0 Å². The molecule has 5 rings (SSSR count). The molecule has 0 atom stereocenters. The number of benzene rings is 1. The lowest BCUT2D eigenvalue weighted by atomic mass is 10.0. The van der Waals surface area contributed by atoms with Crippen molar-refractivity contribution >= 4 is 39.9 Å². The van der Waals surface area contributed by atoms with Crippen LogP contribution in [0.4, 0.5) is 20.6 Å². The Morgan fingerprint density at radius 1 is 1.21 bits per heavy atom. The van der Waals surface area contributed by atoms with Gasteiger partial charge in [-0.05, 0) is 52.7 Å². The summed E-state index contributed by atoms with van der Waals surface area (Å²) in [6, 6.07) is 5.01. The van der Waals surface area contributed by atoms with Crippen LogP contribution in [0.2, 0.25) is 0 Å². The molecule has 0 bridgehead atoms. The average molecular weight is 522 g/mol. The lowest BCUT2D eigenvalue weighted by Crippen LogP contribution is -2.47. The van der Waals surface area contributed by atoms with Gasteiger partial charge >= 0.3 is 6.09 Å². The van der Waals surface area contributed by atoms with Crippen LogP contribution in [0.15, 0.2) is 36.8 Å². The van der Waals surface area contributed by atoms with E-state index in [0.717, 1.165) is 37.0 Å². The van der Waals surface area contributed by atoms with Gasteiger partial charge in [-0.15, -0.1) is 0 Å². The van der Waals surface area contributed by atoms with Gasteiger partial charge in [0.25, 0.3) is 5.91 Å². The second-order valence-corrected chi connectivity index (χ2v) is 10.7. The van der Waals surface area contributed by atoms with Crippen LogP contribution in [0, 0.1) is 12.7 Å². The second kappa shape index (κ2) is 9.62. The molecule has 4 heterocycles. The predicted molar refractivity (Wildman–Crippen MR) is 143 cm³/mol. The highest BCUT2D eigenvalue weighted by molar-refractivity contribution is 6.13. The Morgan fingerprint density at radius 2 is 1.95 bits per heavy atom. The standard InChI is InChI=1S/C27H32FN7O3/c1-16-14-35-15-17(12-21(28)24(35)30-16)31-25(36)19-6-7-22(20-13-29-32-23(19)20)34-10-8-18(9-11-34)33(5)26(37)38-27(2,3)4/h6-7,12-15,18H,8-11H2,1-5H3,(H,29,32)(H,31,36). The van der Waals surface area contributed by atoms with Crippen LogP contribution in [0.1, 0.15) is 49.7 Å². The quantitative estimate of drug-likeness (QED) is 0.402. The van der Waals surface area contributed by atoms with E-state index in [4.69, 9.17) is 4.74 Å². The number of hydrogen-bond donors (Lipinski definition) is 2. The topological polar surface area (TPSA) is 108 Å². The third-order valence-corrected chi connectivity index (χ3v) is 6.76. The third kappa shape index (κ3) is 5.00. The molecule has 1 aromatic carbocycles. The molecule has 0 radical (unpaired) electrons. The van der Waals surface area contributed by atoms with Gasteiger partial charge in [0.15, 0.2) is 11.5 Å². The van der Waals surface area contributed by atoms with Crippen molar-refractivity contribution in [3.63, 3.8) is 0 Å². The van der Waals surface area contributed by atoms with Crippen LogP contribution in [-0.2, 0) is 4.74 Å². The summed E-state index contributed by atoms with van der Waals surface area (Å²) in [6.45, 7) is 8.85. The number of fused-ring (bicyclic) bond motifs is 2. The van der Waals surface area contributed by atoms with Crippen molar-refractivity contribution in [1.29, 1.82) is 0 Å². The fraction of sp³-hybridized carbons (Fsp3) is 0.407. The zero-order valence-corrected chi connectivity index (χ0v) is 22.2. The maximum Gasteiger partial charge on any atom is 0.410 e. The first-order chi connectivity index (χ1) is 18.0. The number of aromatic nitrogens is 4. The molecule has 11 heteroatoms. The Hall–Kier alpha value is -4.15. The van der Waals surface area contributed by atoms with Crippen molar-refractivity contribution in [2.24, 2.45) is 0 Å². The summed E-state index contributed by atoms with van der Waals surface area (Å²) < 4.78 is 21.6. The molecule has 3 aromatic heterocycles. The van der Waals surface area contributed by atoms with E-state index >= 15 is 0 Å². The number of carbonyl (C=O) groups excluding carboxylic acids is 2. The summed E-state index contributed by atoms with van der Waals surface area (Å²) in [5.74, 6) is -0.891. The molecule has 0 unspecified atom stereocenters. The number of anilines is 2. The lowest BCUT2D eigenvalue weighted by molar-refractivity contribution is 0.0201. The first-order valence-corrected chi connectivity index (χ1v) is 12.6. The van der Waals surface area contributed by atoms with E-state index in [9.17, 15) is 14.0 Å². The molecule has 2 N–H and O–H groups in total. The van der Waals surface area contributed by atoms with E-state index in [2.05, 4.69) is 25.4 Å². The SMILES string of the molecule is Cc1cn2cc(NC(=O)c3ccc(N4CCC(N(C)C(=O)OC(C)(C)C)CC4)c4cn[nH]c34)cc(F)c2n1. The lowest BCUT2D eigenvalue weighted by Gasteiger charge is -2.38. The van der Waals surface area contributed by atoms with Gasteiger partial charge in [0.05, 0.1) is 28.7 Å². The number of aryl methyl sites for hydroxylation is 1. The normalized spacial score (nSPS) is 14.7. The number of imidazole rings is 1. The second-order valence-electron chi connectivity index (χ2n) is 10.7. The van der Waals surface area contributed by atoms with E-state index in [-0.39, 0.29) is 23.7 Å². The molecular weight excluding hydrogens is 489 g/mol. The summed E-state index contributed by atoms with van der Waals surface area (Å²) in [4.78, 5) is 33.7. The highest BCUT2D eigenvalue weighted by Gasteiger charge is 2.29. The summed E-state index contributed by atoms with van der Waals surface area (Å²) in [5.41, 5.74) is 2.66. The minimum Gasteiger partial charge on any atom is -0.444 e. The Balaban J connectivity index is 1.31. The van der Waals surface area contributed by atoms with Crippen LogP contribution >= 0.6 is 0 Å². The van der Waals surface area contributed by atoms with Crippen LogP contribution in [0.3, 0.4) is 0 Å². The van der Waals surface area contributed by atoms with Crippen molar-refractivity contribution in [1.82, 2.24) is 24.5 Å². The molecule has 4 aromatic rings. The number of halogens is 1. The molecule has 1 aliphatic heterocycles. The van der Waals surface area contributed by atoms with Gasteiger partial charge in [-0.2, -0.15) is 5.10 Å². The first kappa shape index (κ1) is 25.5. The van der Waals surface area contributed by atoms with Gasteiger partial charge in [0, 0.05) is 55.7 Å². The van der Waals surface area contributed by atoms with E-state index in [0.29, 0.717) is 22.5 Å². The zero-order valence-electron chi connectivity index (χ0n) is 22.2. The summed E-state index contributed by atoms with van der Waals surface area (Å²) in [5, 5.41) is 10.7. The number of nitrogens with zero attached hydrogens (tertiary/aromatic N) is 5. The number of nitrogens with one attached hydrogen (secondary N) is 2. The smallest absolute Gasteiger partial charge is 0.410 e. The highest BCUT2D eigenvalue weighted by atomic mass is 19.1. The molecule has 0 aliphatic carbocycles. The molecule has 1 aliphatic rings. The maximum atomic E-state index is 14.5. The van der Waals surface area contributed by atoms with Crippen molar-refractivity contribution in [3.8, 4) is 0 Å². The fourth-order valence-corrected chi connectivity index (χ4v) is 4.91. The molecule has 38 heavy (non-hydrogen) atoms. The molecule has 0 saturated carbocycles. The number of carbonyl (C=O) groups is 2. The van der Waals surface area contributed by atoms with Crippen LogP contribution in [-0.4, -0.2) is 68.3 Å². The summed E-state index contributed by atoms with van der Waals surface area (Å²) in [6.07, 6.45) is 6.31. The van der Waals surface area contributed by atoms with Crippen LogP contribution < -0.4 is 10.2 Å². The first-order valence-electron chi connectivity index (χ1n) is 12.6. The van der Waals surface area contributed by atoms with Gasteiger partial charge < -0.3 is 24.3 Å². The van der Waals surface area contributed by atoms with E-state index in [1.54, 1.807) is 47.9 Å². The Bertz CT molecular complexity index is 1510. The number of pyridine rings is 1. The number of amides is 2. The summed E-state index contributed by atoms with van der Waals surface area (Å²) in [7, 11) is 1.79. The van der Waals surface area contributed by atoms with Crippen molar-refractivity contribution < 1.29 is 18.7 Å². The molecular formula is C27H32FN7O3. The molecule has 1 saturated heterocycles. The van der Waals surface area contributed by atoms with Gasteiger partial charge in [0.2, 0.25) is 0 Å². The van der Waals surface area contributed by atoms with Gasteiger partial charge in [-0.25, -0.2) is 14.2 Å².